The van der Waals surface area contributed by atoms with Crippen molar-refractivity contribution in [3.05, 3.63) is 52.8 Å². The van der Waals surface area contributed by atoms with Gasteiger partial charge in [-0.25, -0.2) is 0 Å². The minimum atomic E-state index is -0.434. The number of halogens is 1. The van der Waals surface area contributed by atoms with Crippen LogP contribution in [0.25, 0.3) is 0 Å². The molecule has 2 atom stereocenters. The van der Waals surface area contributed by atoms with E-state index in [1.165, 1.54) is 0 Å². The Bertz CT molecular complexity index is 817. The van der Waals surface area contributed by atoms with Crippen LogP contribution in [0.4, 0.5) is 5.69 Å². The van der Waals surface area contributed by atoms with E-state index in [1.54, 1.807) is 37.5 Å². The van der Waals surface area contributed by atoms with Gasteiger partial charge in [-0.2, -0.15) is 0 Å². The summed E-state index contributed by atoms with van der Waals surface area (Å²) in [6, 6.07) is 6.98. The van der Waals surface area contributed by atoms with Crippen LogP contribution < -0.4 is 15.4 Å². The molecule has 0 radical (unpaired) electrons. The van der Waals surface area contributed by atoms with Gasteiger partial charge in [-0.05, 0) is 49.2 Å². The standard InChI is InChI=1S/C18H18ClN3O3/c1-10-3-4-20-9-15(10)21-18(24)11(2)12-5-13(19)7-14(6-12)25-17-8-16(23)22-17/h3-7,9,11,17H,8H2,1-2H3,(H,21,24)(H,22,23). The number of carbonyl (C=O) groups is 2. The number of hydrogen-bond acceptors (Lipinski definition) is 4. The fraction of sp³-hybridized carbons (Fsp3) is 0.278. The van der Waals surface area contributed by atoms with Gasteiger partial charge in [0.15, 0.2) is 6.23 Å². The summed E-state index contributed by atoms with van der Waals surface area (Å²) in [5.74, 6) is -0.130. The maximum absolute atomic E-state index is 12.5. The lowest BCUT2D eigenvalue weighted by Crippen LogP contribution is -2.51. The lowest BCUT2D eigenvalue weighted by atomic mass is 9.99. The molecule has 25 heavy (non-hydrogen) atoms. The molecule has 1 fully saturated rings. The monoisotopic (exact) mass is 359 g/mol. The van der Waals surface area contributed by atoms with Gasteiger partial charge >= 0.3 is 0 Å². The van der Waals surface area contributed by atoms with Crippen LogP contribution >= 0.6 is 11.6 Å². The quantitative estimate of drug-likeness (QED) is 0.804. The SMILES string of the molecule is Cc1ccncc1NC(=O)C(C)c1cc(Cl)cc(OC2CC(=O)N2)c1. The first-order chi connectivity index (χ1) is 11.9. The summed E-state index contributed by atoms with van der Waals surface area (Å²) >= 11 is 6.15. The average Bonchev–Trinajstić information content (AvgIpc) is 2.54. The molecular formula is C18H18ClN3O3. The van der Waals surface area contributed by atoms with Crippen molar-refractivity contribution in [3.8, 4) is 5.75 Å². The average molecular weight is 360 g/mol. The van der Waals surface area contributed by atoms with E-state index in [4.69, 9.17) is 16.3 Å². The molecule has 2 amide bonds. The molecule has 0 aliphatic carbocycles. The molecular weight excluding hydrogens is 342 g/mol. The Morgan fingerprint density at radius 3 is 2.88 bits per heavy atom. The van der Waals surface area contributed by atoms with Gasteiger partial charge in [-0.1, -0.05) is 11.6 Å². The zero-order valence-corrected chi connectivity index (χ0v) is 14.6. The zero-order valence-electron chi connectivity index (χ0n) is 13.9. The van der Waals surface area contributed by atoms with Crippen molar-refractivity contribution in [2.75, 3.05) is 5.32 Å². The van der Waals surface area contributed by atoms with Crippen LogP contribution in [-0.2, 0) is 9.59 Å². The Hall–Kier alpha value is -2.60. The highest BCUT2D eigenvalue weighted by Gasteiger charge is 2.27. The van der Waals surface area contributed by atoms with E-state index in [9.17, 15) is 9.59 Å². The highest BCUT2D eigenvalue weighted by atomic mass is 35.5. The van der Waals surface area contributed by atoms with Gasteiger partial charge < -0.3 is 15.4 Å². The number of anilines is 1. The summed E-state index contributed by atoms with van der Waals surface area (Å²) in [5.41, 5.74) is 2.34. The second-order valence-electron chi connectivity index (χ2n) is 6.00. The van der Waals surface area contributed by atoms with Crippen LogP contribution in [0.1, 0.15) is 30.4 Å². The summed E-state index contributed by atoms with van der Waals surface area (Å²) in [6.07, 6.45) is 3.26. The van der Waals surface area contributed by atoms with Crippen LogP contribution in [0.15, 0.2) is 36.7 Å². The Morgan fingerprint density at radius 1 is 1.44 bits per heavy atom. The molecule has 3 rings (SSSR count). The van der Waals surface area contributed by atoms with Crippen LogP contribution in [0.3, 0.4) is 0 Å². The van der Waals surface area contributed by atoms with E-state index >= 15 is 0 Å². The molecule has 1 saturated heterocycles. The molecule has 6 nitrogen and oxygen atoms in total. The zero-order chi connectivity index (χ0) is 18.0. The van der Waals surface area contributed by atoms with Crippen molar-refractivity contribution in [3.63, 3.8) is 0 Å². The van der Waals surface area contributed by atoms with E-state index in [0.29, 0.717) is 22.9 Å². The molecule has 7 heteroatoms. The van der Waals surface area contributed by atoms with E-state index in [2.05, 4.69) is 15.6 Å². The van der Waals surface area contributed by atoms with Crippen molar-refractivity contribution in [2.45, 2.75) is 32.4 Å². The van der Waals surface area contributed by atoms with E-state index in [1.807, 2.05) is 13.0 Å². The minimum Gasteiger partial charge on any atom is -0.470 e. The van der Waals surface area contributed by atoms with E-state index in [-0.39, 0.29) is 18.0 Å². The van der Waals surface area contributed by atoms with Crippen LogP contribution in [0.5, 0.6) is 5.75 Å². The molecule has 2 unspecified atom stereocenters. The number of hydrogen-bond donors (Lipinski definition) is 2. The van der Waals surface area contributed by atoms with Gasteiger partial charge in [0.1, 0.15) is 5.75 Å². The smallest absolute Gasteiger partial charge is 0.231 e. The number of rotatable bonds is 5. The number of amides is 2. The Labute approximate surface area is 150 Å². The molecule has 1 aliphatic heterocycles. The molecule has 2 N–H and O–H groups in total. The van der Waals surface area contributed by atoms with Gasteiger partial charge in [-0.3, -0.25) is 14.6 Å². The van der Waals surface area contributed by atoms with Gasteiger partial charge in [0.05, 0.1) is 24.2 Å². The number of pyridine rings is 1. The second-order valence-corrected chi connectivity index (χ2v) is 6.44. The highest BCUT2D eigenvalue weighted by Crippen LogP contribution is 2.28. The molecule has 0 bridgehead atoms. The van der Waals surface area contributed by atoms with Crippen molar-refractivity contribution in [1.29, 1.82) is 0 Å². The maximum Gasteiger partial charge on any atom is 0.231 e. The first-order valence-electron chi connectivity index (χ1n) is 7.90. The molecule has 1 aromatic carbocycles. The van der Waals surface area contributed by atoms with Crippen molar-refractivity contribution >= 4 is 29.1 Å². The topological polar surface area (TPSA) is 80.3 Å². The number of aromatic nitrogens is 1. The number of benzene rings is 1. The molecule has 2 aromatic rings. The maximum atomic E-state index is 12.5. The van der Waals surface area contributed by atoms with Gasteiger partial charge in [-0.15, -0.1) is 0 Å². The molecule has 0 saturated carbocycles. The Morgan fingerprint density at radius 2 is 2.20 bits per heavy atom. The summed E-state index contributed by atoms with van der Waals surface area (Å²) in [5, 5.41) is 5.97. The Kier molecular flexibility index (Phi) is 4.90. The number of nitrogens with one attached hydrogen (secondary N) is 2. The normalized spacial score (nSPS) is 17.2. The second kappa shape index (κ2) is 7.11. The summed E-state index contributed by atoms with van der Waals surface area (Å²) < 4.78 is 5.65. The summed E-state index contributed by atoms with van der Waals surface area (Å²) in [6.45, 7) is 3.70. The number of β-lactam (4-membered cyclic amide) rings is 1. The number of nitrogens with zero attached hydrogens (tertiary/aromatic N) is 1. The minimum absolute atomic E-state index is 0.0492. The summed E-state index contributed by atoms with van der Waals surface area (Å²) in [7, 11) is 0. The molecule has 0 spiro atoms. The third kappa shape index (κ3) is 4.09. The fourth-order valence-corrected chi connectivity index (χ4v) is 2.69. The van der Waals surface area contributed by atoms with Crippen LogP contribution in [-0.4, -0.2) is 23.0 Å². The molecule has 1 aliphatic rings. The van der Waals surface area contributed by atoms with E-state index < -0.39 is 5.92 Å². The lowest BCUT2D eigenvalue weighted by molar-refractivity contribution is -0.134. The first-order valence-corrected chi connectivity index (χ1v) is 8.28. The predicted octanol–water partition coefficient (Wildman–Crippen LogP) is 3.01. The summed E-state index contributed by atoms with van der Waals surface area (Å²) in [4.78, 5) is 27.5. The van der Waals surface area contributed by atoms with Crippen LogP contribution in [0.2, 0.25) is 5.02 Å². The Balaban J connectivity index is 1.73. The molecule has 2 heterocycles. The third-order valence-electron chi connectivity index (χ3n) is 4.05. The van der Waals surface area contributed by atoms with Gasteiger partial charge in [0.2, 0.25) is 11.8 Å². The van der Waals surface area contributed by atoms with Crippen molar-refractivity contribution in [2.24, 2.45) is 0 Å². The van der Waals surface area contributed by atoms with Gasteiger partial charge in [0.25, 0.3) is 0 Å². The predicted molar refractivity (Wildman–Crippen MR) is 94.6 cm³/mol. The highest BCUT2D eigenvalue weighted by molar-refractivity contribution is 6.30. The third-order valence-corrected chi connectivity index (χ3v) is 4.27. The van der Waals surface area contributed by atoms with Crippen molar-refractivity contribution < 1.29 is 14.3 Å². The molecule has 130 valence electrons. The molecule has 1 aromatic heterocycles. The number of ether oxygens (including phenoxy) is 1. The lowest BCUT2D eigenvalue weighted by Gasteiger charge is -2.27. The fourth-order valence-electron chi connectivity index (χ4n) is 2.45. The number of aryl methyl sites for hydroxylation is 1. The van der Waals surface area contributed by atoms with E-state index in [0.717, 1.165) is 11.1 Å². The van der Waals surface area contributed by atoms with Gasteiger partial charge in [0, 0.05) is 11.2 Å². The van der Waals surface area contributed by atoms with Crippen molar-refractivity contribution in [1.82, 2.24) is 10.3 Å². The number of carbonyl (C=O) groups excluding carboxylic acids is 2. The largest absolute Gasteiger partial charge is 0.470 e. The first kappa shape index (κ1) is 17.2. The van der Waals surface area contributed by atoms with Crippen LogP contribution in [0, 0.1) is 6.92 Å².